The van der Waals surface area contributed by atoms with Gasteiger partial charge < -0.3 is 43.9 Å². The van der Waals surface area contributed by atoms with Crippen molar-refractivity contribution in [2.24, 2.45) is 33.9 Å². The summed E-state index contributed by atoms with van der Waals surface area (Å²) >= 11 is 1.51. The molecule has 0 saturated carbocycles. The summed E-state index contributed by atoms with van der Waals surface area (Å²) < 4.78 is 45.6. The van der Waals surface area contributed by atoms with Crippen LogP contribution in [0, 0.1) is 29.5 Å². The average molecular weight is 848 g/mol. The standard InChI is InChI=1S/C44H66FN3O10S/c1-13-34-44(9,53)39(51)26(4)36(47-46-29(7)33-15-14-20-59-33)24(2)23-43(8,54-12)40(58-42-37(50)32(48(10)11)21-25(3)55-42)27(5)38(28(6)41(52)56-34)57-35(49)22-30-16-18-31(45)19-17-30/h14-20,24-28,32,34,37-40,42,50-51,53H,13,21-23H2,1-12H3. The number of rotatable bonds is 10. The van der Waals surface area contributed by atoms with Gasteiger partial charge in [-0.3, -0.25) is 9.59 Å². The molecule has 15 heteroatoms. The highest BCUT2D eigenvalue weighted by molar-refractivity contribution is 7.12. The molecule has 1 aromatic carbocycles. The minimum absolute atomic E-state index is 0.146. The van der Waals surface area contributed by atoms with Crippen molar-refractivity contribution in [3.8, 4) is 0 Å². The van der Waals surface area contributed by atoms with Gasteiger partial charge in [0.25, 0.3) is 0 Å². The number of benzene rings is 1. The zero-order valence-corrected chi connectivity index (χ0v) is 37.4. The molecular weight excluding hydrogens is 782 g/mol. The van der Waals surface area contributed by atoms with Crippen LogP contribution in [-0.2, 0) is 39.7 Å². The minimum atomic E-state index is -1.95. The summed E-state index contributed by atoms with van der Waals surface area (Å²) in [4.78, 5) is 30.9. The summed E-state index contributed by atoms with van der Waals surface area (Å²) in [5.74, 6) is -5.17. The predicted molar refractivity (Wildman–Crippen MR) is 225 cm³/mol. The smallest absolute Gasteiger partial charge is 0.312 e. The van der Waals surface area contributed by atoms with E-state index in [0.717, 1.165) is 4.88 Å². The highest BCUT2D eigenvalue weighted by Crippen LogP contribution is 2.40. The average Bonchev–Trinajstić information content (AvgIpc) is 3.74. The Balaban J connectivity index is 1.91. The molecule has 0 aliphatic carbocycles. The van der Waals surface area contributed by atoms with Crippen LogP contribution in [0.2, 0.25) is 0 Å². The van der Waals surface area contributed by atoms with Crippen LogP contribution in [0.5, 0.6) is 0 Å². The van der Waals surface area contributed by atoms with Crippen molar-refractivity contribution in [3.05, 3.63) is 58.0 Å². The van der Waals surface area contributed by atoms with Gasteiger partial charge in [0.05, 0.1) is 46.8 Å². The maximum atomic E-state index is 14.3. The van der Waals surface area contributed by atoms with E-state index in [1.165, 1.54) is 49.6 Å². The number of thiophene rings is 1. The van der Waals surface area contributed by atoms with Crippen molar-refractivity contribution in [2.45, 2.75) is 148 Å². The Bertz CT molecular complexity index is 1740. The molecule has 3 heterocycles. The number of ether oxygens (including phenoxy) is 5. The van der Waals surface area contributed by atoms with E-state index in [-0.39, 0.29) is 31.4 Å². The van der Waals surface area contributed by atoms with Gasteiger partial charge in [-0.25, -0.2) is 4.39 Å². The Morgan fingerprint density at radius 2 is 1.73 bits per heavy atom. The van der Waals surface area contributed by atoms with Crippen LogP contribution >= 0.6 is 11.3 Å². The molecule has 2 aromatic rings. The maximum Gasteiger partial charge on any atom is 0.312 e. The maximum absolute atomic E-state index is 14.3. The number of aliphatic hydroxyl groups excluding tert-OH is 2. The normalized spacial score (nSPS) is 37.5. The molecular formula is C44H66FN3O10S. The van der Waals surface area contributed by atoms with Gasteiger partial charge in [0.2, 0.25) is 0 Å². The first-order valence-electron chi connectivity index (χ1n) is 20.6. The van der Waals surface area contributed by atoms with Gasteiger partial charge in [-0.1, -0.05) is 45.9 Å². The summed E-state index contributed by atoms with van der Waals surface area (Å²) in [6.07, 6.45) is -6.74. The number of likely N-dealkylation sites (N-methyl/N-ethyl adjacent to an activating group) is 1. The second kappa shape index (κ2) is 20.6. The highest BCUT2D eigenvalue weighted by atomic mass is 32.1. The molecule has 0 amide bonds. The van der Waals surface area contributed by atoms with Crippen LogP contribution in [0.1, 0.15) is 92.0 Å². The lowest BCUT2D eigenvalue weighted by Gasteiger charge is -2.48. The molecule has 1 aromatic heterocycles. The number of halogens is 1. The molecule has 0 bridgehead atoms. The van der Waals surface area contributed by atoms with Crippen molar-refractivity contribution in [1.82, 2.24) is 4.90 Å². The molecule has 2 aliphatic heterocycles. The largest absolute Gasteiger partial charge is 0.461 e. The number of esters is 2. The van der Waals surface area contributed by atoms with Crippen molar-refractivity contribution in [1.29, 1.82) is 0 Å². The summed E-state index contributed by atoms with van der Waals surface area (Å²) in [5.41, 5.74) is -1.61. The van der Waals surface area contributed by atoms with Gasteiger partial charge in [0.1, 0.15) is 29.7 Å². The van der Waals surface area contributed by atoms with Gasteiger partial charge in [0, 0.05) is 30.7 Å². The van der Waals surface area contributed by atoms with Crippen LogP contribution < -0.4 is 0 Å². The summed E-state index contributed by atoms with van der Waals surface area (Å²) in [7, 11) is 5.27. The molecule has 330 valence electrons. The second-order valence-electron chi connectivity index (χ2n) is 17.1. The van der Waals surface area contributed by atoms with Crippen LogP contribution in [0.15, 0.2) is 52.0 Å². The number of carbonyl (C=O) groups is 2. The van der Waals surface area contributed by atoms with Crippen LogP contribution in [-0.4, -0.2) is 125 Å². The van der Waals surface area contributed by atoms with E-state index >= 15 is 0 Å². The van der Waals surface area contributed by atoms with E-state index in [1.807, 2.05) is 64.2 Å². The Labute approximate surface area is 352 Å². The van der Waals surface area contributed by atoms with Crippen molar-refractivity contribution >= 4 is 34.7 Å². The molecule has 14 atom stereocenters. The van der Waals surface area contributed by atoms with E-state index in [1.54, 1.807) is 27.7 Å². The molecule has 0 radical (unpaired) electrons. The molecule has 4 rings (SSSR count). The highest BCUT2D eigenvalue weighted by Gasteiger charge is 2.52. The molecule has 13 nitrogen and oxygen atoms in total. The number of hydrogen-bond donors (Lipinski definition) is 3. The van der Waals surface area contributed by atoms with Crippen LogP contribution in [0.25, 0.3) is 0 Å². The van der Waals surface area contributed by atoms with Crippen molar-refractivity contribution in [3.63, 3.8) is 0 Å². The lowest BCUT2D eigenvalue weighted by Crippen LogP contribution is -2.60. The molecule has 2 aliphatic rings. The summed E-state index contributed by atoms with van der Waals surface area (Å²) in [5, 5.41) is 47.0. The van der Waals surface area contributed by atoms with Gasteiger partial charge in [-0.15, -0.1) is 11.3 Å². The second-order valence-corrected chi connectivity index (χ2v) is 18.1. The molecule has 3 N–H and O–H groups in total. The van der Waals surface area contributed by atoms with Gasteiger partial charge in [-0.2, -0.15) is 10.2 Å². The van der Waals surface area contributed by atoms with Gasteiger partial charge in [0.15, 0.2) is 6.29 Å². The van der Waals surface area contributed by atoms with Gasteiger partial charge >= 0.3 is 11.9 Å². The Morgan fingerprint density at radius 1 is 1.07 bits per heavy atom. The number of carbonyl (C=O) groups excluding carboxylic acids is 2. The fourth-order valence-corrected chi connectivity index (χ4v) is 9.28. The van der Waals surface area contributed by atoms with E-state index in [2.05, 4.69) is 5.10 Å². The molecule has 59 heavy (non-hydrogen) atoms. The third-order valence-electron chi connectivity index (χ3n) is 12.2. The predicted octanol–water partition coefficient (Wildman–Crippen LogP) is 5.80. The lowest BCUT2D eigenvalue weighted by molar-refractivity contribution is -0.301. The third-order valence-corrected chi connectivity index (χ3v) is 13.2. The summed E-state index contributed by atoms with van der Waals surface area (Å²) in [6.45, 7) is 15.8. The quantitative estimate of drug-likeness (QED) is 0.150. The third kappa shape index (κ3) is 11.6. The summed E-state index contributed by atoms with van der Waals surface area (Å²) in [6, 6.07) is 9.00. The Morgan fingerprint density at radius 3 is 2.31 bits per heavy atom. The van der Waals surface area contributed by atoms with Gasteiger partial charge in [-0.05, 0) is 103 Å². The number of cyclic esters (lactones) is 1. The topological polar surface area (TPSA) is 169 Å². The number of methoxy groups -OCH3 is 1. The first-order valence-corrected chi connectivity index (χ1v) is 21.4. The Hall–Kier alpha value is -3.15. The first kappa shape index (κ1) is 48.5. The first-order chi connectivity index (χ1) is 27.6. The number of aliphatic hydroxyl groups is 3. The zero-order chi connectivity index (χ0) is 44.0. The lowest BCUT2D eigenvalue weighted by atomic mass is 9.73. The van der Waals surface area contributed by atoms with Crippen LogP contribution in [0.3, 0.4) is 0 Å². The molecule has 0 spiro atoms. The number of hydrogen-bond acceptors (Lipinski definition) is 14. The molecule has 2 saturated heterocycles. The van der Waals surface area contributed by atoms with Crippen molar-refractivity contribution in [2.75, 3.05) is 21.2 Å². The van der Waals surface area contributed by atoms with E-state index in [4.69, 9.17) is 28.8 Å². The molecule has 2 fully saturated rings. The Kier molecular flexibility index (Phi) is 16.9. The fraction of sp³-hybridized carbons (Fsp3) is 0.682. The van der Waals surface area contributed by atoms with E-state index in [0.29, 0.717) is 23.4 Å². The SMILES string of the molecule is CCC1OC(=O)C(C)C(OC(=O)Cc2ccc(F)cc2)C(C)C(OC2OC(C)CC(N(C)C)C2O)C(C)(OC)CC(C)C(=NN=C(C)c2cccs2)C(C)C(O)C1(C)O. The fourth-order valence-electron chi connectivity index (χ4n) is 8.61. The van der Waals surface area contributed by atoms with Crippen LogP contribution in [0.4, 0.5) is 4.39 Å². The van der Waals surface area contributed by atoms with Crippen molar-refractivity contribution < 1.29 is 53.0 Å². The molecule has 14 unspecified atom stereocenters. The minimum Gasteiger partial charge on any atom is -0.461 e. The number of nitrogens with zero attached hydrogens (tertiary/aromatic N) is 3. The monoisotopic (exact) mass is 847 g/mol. The zero-order valence-electron chi connectivity index (χ0n) is 36.6. The van der Waals surface area contributed by atoms with E-state index < -0.39 is 89.4 Å². The van der Waals surface area contributed by atoms with E-state index in [9.17, 15) is 29.3 Å².